The Labute approximate surface area is 163 Å². The van der Waals surface area contributed by atoms with Crippen molar-refractivity contribution in [2.24, 2.45) is 5.10 Å². The molecule has 0 atom stereocenters. The lowest BCUT2D eigenvalue weighted by atomic mass is 9.88. The zero-order valence-corrected chi connectivity index (χ0v) is 16.4. The number of carbonyl (C=O) groups excluding carboxylic acids is 1. The maximum absolute atomic E-state index is 13.6. The largest absolute Gasteiger partial charge is 0.365 e. The van der Waals surface area contributed by atoms with E-state index in [0.29, 0.717) is 10.6 Å². The molecule has 1 aliphatic heterocycles. The topological polar surface area (TPSA) is 44.7 Å². The number of halogens is 2. The van der Waals surface area contributed by atoms with Gasteiger partial charge in [0.1, 0.15) is 5.82 Å². The van der Waals surface area contributed by atoms with Crippen LogP contribution in [0.1, 0.15) is 42.3 Å². The molecule has 0 aromatic heterocycles. The van der Waals surface area contributed by atoms with Gasteiger partial charge in [-0.15, -0.1) is 0 Å². The summed E-state index contributed by atoms with van der Waals surface area (Å²) in [6.45, 7) is 6.34. The van der Waals surface area contributed by atoms with Crippen LogP contribution in [0.2, 0.25) is 5.02 Å². The van der Waals surface area contributed by atoms with Gasteiger partial charge in [-0.3, -0.25) is 4.79 Å². The zero-order chi connectivity index (χ0) is 19.8. The molecule has 2 aromatic rings. The van der Waals surface area contributed by atoms with Crippen molar-refractivity contribution in [3.63, 3.8) is 0 Å². The summed E-state index contributed by atoms with van der Waals surface area (Å²) in [6.07, 6.45) is 3.67. The Hall–Kier alpha value is -2.66. The predicted octanol–water partition coefficient (Wildman–Crippen LogP) is 4.87. The third-order valence-electron chi connectivity index (χ3n) is 4.82. The predicted molar refractivity (Wildman–Crippen MR) is 109 cm³/mol. The lowest BCUT2D eigenvalue weighted by molar-refractivity contribution is 0.0951. The minimum absolute atomic E-state index is 0.0613. The summed E-state index contributed by atoms with van der Waals surface area (Å²) >= 11 is 6.41. The van der Waals surface area contributed by atoms with Gasteiger partial charge in [0.05, 0.1) is 22.3 Å². The molecule has 0 aliphatic carbocycles. The second-order valence-electron chi connectivity index (χ2n) is 7.11. The first-order chi connectivity index (χ1) is 12.7. The maximum Gasteiger partial charge on any atom is 0.274 e. The van der Waals surface area contributed by atoms with Crippen molar-refractivity contribution in [2.45, 2.75) is 26.3 Å². The monoisotopic (exact) mass is 385 g/mol. The summed E-state index contributed by atoms with van der Waals surface area (Å²) in [6, 6.07) is 9.58. The van der Waals surface area contributed by atoms with E-state index in [-0.39, 0.29) is 11.1 Å². The average Bonchev–Trinajstić information content (AvgIpc) is 2.60. The van der Waals surface area contributed by atoms with Crippen LogP contribution in [0.15, 0.2) is 47.6 Å². The van der Waals surface area contributed by atoms with Crippen molar-refractivity contribution < 1.29 is 9.18 Å². The van der Waals surface area contributed by atoms with Crippen molar-refractivity contribution >= 4 is 35.0 Å². The third-order valence-corrected chi connectivity index (χ3v) is 5.15. The highest BCUT2D eigenvalue weighted by Crippen LogP contribution is 2.40. The summed E-state index contributed by atoms with van der Waals surface area (Å²) in [7, 11) is 2.03. The van der Waals surface area contributed by atoms with Gasteiger partial charge in [0.15, 0.2) is 0 Å². The van der Waals surface area contributed by atoms with E-state index in [1.165, 1.54) is 24.4 Å². The van der Waals surface area contributed by atoms with Crippen LogP contribution >= 0.6 is 11.6 Å². The molecule has 27 heavy (non-hydrogen) atoms. The number of allylic oxidation sites excluding steroid dienone is 1. The van der Waals surface area contributed by atoms with E-state index in [0.717, 1.165) is 16.8 Å². The van der Waals surface area contributed by atoms with Crippen LogP contribution in [-0.4, -0.2) is 24.7 Å². The molecule has 1 aliphatic rings. The van der Waals surface area contributed by atoms with Gasteiger partial charge < -0.3 is 4.90 Å². The van der Waals surface area contributed by atoms with Gasteiger partial charge in [-0.1, -0.05) is 29.8 Å². The second-order valence-corrected chi connectivity index (χ2v) is 7.52. The Balaban J connectivity index is 1.85. The van der Waals surface area contributed by atoms with E-state index in [1.807, 2.05) is 19.2 Å². The summed E-state index contributed by atoms with van der Waals surface area (Å²) in [4.78, 5) is 14.2. The molecule has 0 saturated carbocycles. The Morgan fingerprint density at radius 1 is 1.30 bits per heavy atom. The summed E-state index contributed by atoms with van der Waals surface area (Å²) in [5.41, 5.74) is 6.08. The van der Waals surface area contributed by atoms with Crippen LogP contribution in [0, 0.1) is 5.82 Å². The van der Waals surface area contributed by atoms with Crippen molar-refractivity contribution in [1.82, 2.24) is 5.43 Å². The van der Waals surface area contributed by atoms with Crippen molar-refractivity contribution in [3.05, 3.63) is 70.0 Å². The van der Waals surface area contributed by atoms with E-state index >= 15 is 0 Å². The highest BCUT2D eigenvalue weighted by molar-refractivity contribution is 6.33. The van der Waals surface area contributed by atoms with Crippen LogP contribution in [0.4, 0.5) is 10.1 Å². The standard InChI is InChI=1S/C21H21ClFN3O/c1-13-11-21(2,3)26(4)19-10-17(22)14(9-16(13)19)12-24-25-20(27)15-7-5-6-8-18(15)23/h5-12H,1-4H3,(H,25,27)/b24-12-. The highest BCUT2D eigenvalue weighted by atomic mass is 35.5. The molecule has 0 fully saturated rings. The number of nitrogens with one attached hydrogen (secondary N) is 1. The Kier molecular flexibility index (Phi) is 5.07. The highest BCUT2D eigenvalue weighted by Gasteiger charge is 2.29. The number of hydrogen-bond acceptors (Lipinski definition) is 3. The number of likely N-dealkylation sites (N-methyl/N-ethyl adjacent to an activating group) is 1. The van der Waals surface area contributed by atoms with Crippen LogP contribution in [0.5, 0.6) is 0 Å². The molecular weight excluding hydrogens is 365 g/mol. The fraction of sp³-hybridized carbons (Fsp3) is 0.238. The van der Waals surface area contributed by atoms with Crippen molar-refractivity contribution in [1.29, 1.82) is 0 Å². The van der Waals surface area contributed by atoms with E-state index in [1.54, 1.807) is 6.07 Å². The molecule has 4 nitrogen and oxygen atoms in total. The van der Waals surface area contributed by atoms with Crippen LogP contribution in [0.3, 0.4) is 0 Å². The number of fused-ring (bicyclic) bond motifs is 1. The molecule has 2 aromatic carbocycles. The summed E-state index contributed by atoms with van der Waals surface area (Å²) in [5.74, 6) is -1.21. The third kappa shape index (κ3) is 3.74. The molecule has 6 heteroatoms. The van der Waals surface area contributed by atoms with Gasteiger partial charge in [-0.25, -0.2) is 9.82 Å². The lowest BCUT2D eigenvalue weighted by Gasteiger charge is -2.40. The SMILES string of the molecule is CC1=CC(C)(C)N(C)c2cc(Cl)c(/C=N\NC(=O)c3ccccc3F)cc21. The Morgan fingerprint density at radius 2 is 2.00 bits per heavy atom. The van der Waals surface area contributed by atoms with E-state index in [4.69, 9.17) is 11.6 Å². The quantitative estimate of drug-likeness (QED) is 0.604. The van der Waals surface area contributed by atoms with Gasteiger partial charge >= 0.3 is 0 Å². The Bertz CT molecular complexity index is 966. The van der Waals surface area contributed by atoms with Gasteiger partial charge in [0.25, 0.3) is 5.91 Å². The molecular formula is C21H21ClFN3O. The minimum Gasteiger partial charge on any atom is -0.365 e. The maximum atomic E-state index is 13.6. The van der Waals surface area contributed by atoms with Gasteiger partial charge in [0.2, 0.25) is 0 Å². The first-order valence-electron chi connectivity index (χ1n) is 8.56. The number of nitrogens with zero attached hydrogens (tertiary/aromatic N) is 2. The number of rotatable bonds is 3. The molecule has 1 N–H and O–H groups in total. The lowest BCUT2D eigenvalue weighted by Crippen LogP contribution is -2.42. The normalized spacial score (nSPS) is 15.5. The smallest absolute Gasteiger partial charge is 0.274 e. The number of carbonyl (C=O) groups is 1. The van der Waals surface area contributed by atoms with Crippen molar-refractivity contribution in [2.75, 3.05) is 11.9 Å². The average molecular weight is 386 g/mol. The second kappa shape index (κ2) is 7.16. The molecule has 140 valence electrons. The molecule has 0 unspecified atom stereocenters. The van der Waals surface area contributed by atoms with Gasteiger partial charge in [-0.2, -0.15) is 5.10 Å². The fourth-order valence-corrected chi connectivity index (χ4v) is 3.36. The van der Waals surface area contributed by atoms with Crippen LogP contribution in [-0.2, 0) is 0 Å². The fourth-order valence-electron chi connectivity index (χ4n) is 3.15. The molecule has 0 spiro atoms. The molecule has 0 saturated heterocycles. The zero-order valence-electron chi connectivity index (χ0n) is 15.7. The van der Waals surface area contributed by atoms with Crippen LogP contribution in [0.25, 0.3) is 5.57 Å². The van der Waals surface area contributed by atoms with E-state index in [2.05, 4.69) is 42.3 Å². The van der Waals surface area contributed by atoms with Gasteiger partial charge in [-0.05, 0) is 50.6 Å². The van der Waals surface area contributed by atoms with Crippen molar-refractivity contribution in [3.8, 4) is 0 Å². The van der Waals surface area contributed by atoms with E-state index in [9.17, 15) is 9.18 Å². The number of benzene rings is 2. The summed E-state index contributed by atoms with van der Waals surface area (Å²) in [5, 5.41) is 4.46. The number of amides is 1. The number of hydrazone groups is 1. The number of anilines is 1. The number of hydrogen-bond donors (Lipinski definition) is 1. The first-order valence-corrected chi connectivity index (χ1v) is 8.93. The molecule has 0 bridgehead atoms. The molecule has 1 heterocycles. The molecule has 1 amide bonds. The summed E-state index contributed by atoms with van der Waals surface area (Å²) < 4.78 is 13.6. The van der Waals surface area contributed by atoms with E-state index < -0.39 is 11.7 Å². The molecule has 0 radical (unpaired) electrons. The minimum atomic E-state index is -0.615. The van der Waals surface area contributed by atoms with Gasteiger partial charge in [0, 0.05) is 23.9 Å². The van der Waals surface area contributed by atoms with Crippen LogP contribution < -0.4 is 10.3 Å². The molecule has 3 rings (SSSR count). The Morgan fingerprint density at radius 3 is 2.70 bits per heavy atom. The first kappa shape index (κ1) is 19.1.